The van der Waals surface area contributed by atoms with Gasteiger partial charge in [0.2, 0.25) is 0 Å². The van der Waals surface area contributed by atoms with Crippen molar-refractivity contribution in [1.82, 2.24) is 14.9 Å². The zero-order valence-electron chi connectivity index (χ0n) is 10.1. The second kappa shape index (κ2) is 5.60. The molecule has 1 aromatic heterocycles. The molecule has 0 aromatic carbocycles. The molecule has 5 nitrogen and oxygen atoms in total. The molecule has 5 heteroatoms. The van der Waals surface area contributed by atoms with E-state index in [0.29, 0.717) is 17.6 Å². The SMILES string of the molecule is CN1CCCCC1CNc1nccnc1C#N. The summed E-state index contributed by atoms with van der Waals surface area (Å²) in [6.07, 6.45) is 6.90. The molecule has 0 bridgehead atoms. The van der Waals surface area contributed by atoms with E-state index >= 15 is 0 Å². The highest BCUT2D eigenvalue weighted by Gasteiger charge is 2.18. The Morgan fingerprint density at radius 1 is 1.47 bits per heavy atom. The van der Waals surface area contributed by atoms with Crippen LogP contribution in [0.1, 0.15) is 25.0 Å². The maximum absolute atomic E-state index is 8.90. The normalized spacial score (nSPS) is 20.8. The first-order valence-electron chi connectivity index (χ1n) is 5.96. The van der Waals surface area contributed by atoms with E-state index in [1.165, 1.54) is 25.5 Å². The zero-order chi connectivity index (χ0) is 12.1. The third-order valence-electron chi connectivity index (χ3n) is 3.23. The number of aromatic nitrogens is 2. The molecule has 0 saturated carbocycles. The van der Waals surface area contributed by atoms with Crippen LogP contribution in [0.25, 0.3) is 0 Å². The molecule has 1 N–H and O–H groups in total. The highest BCUT2D eigenvalue weighted by molar-refractivity contribution is 5.46. The molecular formula is C12H17N5. The average Bonchev–Trinajstić information content (AvgIpc) is 2.38. The summed E-state index contributed by atoms with van der Waals surface area (Å²) in [5.41, 5.74) is 0.367. The van der Waals surface area contributed by atoms with Gasteiger partial charge in [0.25, 0.3) is 0 Å². The van der Waals surface area contributed by atoms with E-state index in [4.69, 9.17) is 5.26 Å². The van der Waals surface area contributed by atoms with Crippen LogP contribution in [0.4, 0.5) is 5.82 Å². The summed E-state index contributed by atoms with van der Waals surface area (Å²) in [7, 11) is 2.15. The van der Waals surface area contributed by atoms with E-state index in [-0.39, 0.29) is 0 Å². The lowest BCUT2D eigenvalue weighted by Crippen LogP contribution is -2.40. The Hall–Kier alpha value is -1.67. The third kappa shape index (κ3) is 2.92. The predicted molar refractivity (Wildman–Crippen MR) is 65.5 cm³/mol. The molecule has 0 aliphatic carbocycles. The maximum Gasteiger partial charge on any atom is 0.182 e. The lowest BCUT2D eigenvalue weighted by Gasteiger charge is -2.32. The lowest BCUT2D eigenvalue weighted by molar-refractivity contribution is 0.194. The second-order valence-electron chi connectivity index (χ2n) is 4.38. The molecule has 1 fully saturated rings. The minimum atomic E-state index is 0.367. The van der Waals surface area contributed by atoms with Crippen molar-refractivity contribution in [2.75, 3.05) is 25.5 Å². The number of nitrogens with one attached hydrogen (secondary N) is 1. The van der Waals surface area contributed by atoms with Crippen molar-refractivity contribution in [3.8, 4) is 6.07 Å². The van der Waals surface area contributed by atoms with Crippen LogP contribution >= 0.6 is 0 Å². The summed E-state index contributed by atoms with van der Waals surface area (Å²) in [4.78, 5) is 10.5. The molecule has 1 aromatic rings. The van der Waals surface area contributed by atoms with Crippen molar-refractivity contribution in [1.29, 1.82) is 5.26 Å². The fraction of sp³-hybridized carbons (Fsp3) is 0.583. The van der Waals surface area contributed by atoms with Crippen molar-refractivity contribution < 1.29 is 0 Å². The molecule has 0 amide bonds. The van der Waals surface area contributed by atoms with E-state index in [9.17, 15) is 0 Å². The van der Waals surface area contributed by atoms with E-state index < -0.39 is 0 Å². The maximum atomic E-state index is 8.90. The molecule has 2 heterocycles. The first-order chi connectivity index (χ1) is 8.31. The molecule has 0 radical (unpaired) electrons. The summed E-state index contributed by atoms with van der Waals surface area (Å²) in [6, 6.07) is 2.57. The molecule has 17 heavy (non-hydrogen) atoms. The Balaban J connectivity index is 1.95. The lowest BCUT2D eigenvalue weighted by atomic mass is 10.0. The van der Waals surface area contributed by atoms with Crippen LogP contribution in [-0.2, 0) is 0 Å². The summed E-state index contributed by atoms with van der Waals surface area (Å²) in [5.74, 6) is 0.592. The number of rotatable bonds is 3. The minimum Gasteiger partial charge on any atom is -0.366 e. The number of hydrogen-bond acceptors (Lipinski definition) is 5. The molecule has 2 rings (SSSR count). The van der Waals surface area contributed by atoms with Gasteiger partial charge in [-0.15, -0.1) is 0 Å². The average molecular weight is 231 g/mol. The van der Waals surface area contributed by atoms with Gasteiger partial charge in [0, 0.05) is 25.0 Å². The highest BCUT2D eigenvalue weighted by Crippen LogP contribution is 2.16. The van der Waals surface area contributed by atoms with Crippen molar-refractivity contribution in [3.05, 3.63) is 18.1 Å². The number of anilines is 1. The monoisotopic (exact) mass is 231 g/mol. The van der Waals surface area contributed by atoms with E-state index in [2.05, 4.69) is 27.2 Å². The minimum absolute atomic E-state index is 0.367. The predicted octanol–water partition coefficient (Wildman–Crippen LogP) is 1.24. The Morgan fingerprint density at radius 3 is 3.06 bits per heavy atom. The largest absolute Gasteiger partial charge is 0.366 e. The molecule has 1 atom stereocenters. The van der Waals surface area contributed by atoms with Crippen LogP contribution < -0.4 is 5.32 Å². The van der Waals surface area contributed by atoms with E-state index in [1.807, 2.05) is 6.07 Å². The molecular weight excluding hydrogens is 214 g/mol. The van der Waals surface area contributed by atoms with Crippen molar-refractivity contribution in [3.63, 3.8) is 0 Å². The van der Waals surface area contributed by atoms with Crippen LogP contribution in [-0.4, -0.2) is 41.0 Å². The summed E-state index contributed by atoms with van der Waals surface area (Å²) in [6.45, 7) is 1.97. The van der Waals surface area contributed by atoms with Gasteiger partial charge in [-0.3, -0.25) is 0 Å². The molecule has 0 spiro atoms. The molecule has 1 aliphatic rings. The number of likely N-dealkylation sites (N-methyl/N-ethyl adjacent to an activating group) is 1. The summed E-state index contributed by atoms with van der Waals surface area (Å²) in [5, 5.41) is 12.1. The van der Waals surface area contributed by atoms with Gasteiger partial charge in [-0.05, 0) is 26.4 Å². The van der Waals surface area contributed by atoms with Gasteiger partial charge in [0.05, 0.1) is 0 Å². The standard InChI is InChI=1S/C12H17N5/c1-17-7-3-2-4-10(17)9-16-12-11(8-13)14-5-6-15-12/h5-6,10H,2-4,7,9H2,1H3,(H,15,16). The molecule has 90 valence electrons. The molecule has 1 saturated heterocycles. The first-order valence-corrected chi connectivity index (χ1v) is 5.96. The van der Waals surface area contributed by atoms with E-state index in [0.717, 1.165) is 13.1 Å². The summed E-state index contributed by atoms with van der Waals surface area (Å²) < 4.78 is 0. The number of likely N-dealkylation sites (tertiary alicyclic amines) is 1. The van der Waals surface area contributed by atoms with Gasteiger partial charge < -0.3 is 10.2 Å². The Morgan fingerprint density at radius 2 is 2.29 bits per heavy atom. The van der Waals surface area contributed by atoms with Crippen LogP contribution in [0.15, 0.2) is 12.4 Å². The van der Waals surface area contributed by atoms with Gasteiger partial charge >= 0.3 is 0 Å². The Kier molecular flexibility index (Phi) is 3.89. The highest BCUT2D eigenvalue weighted by atomic mass is 15.2. The number of nitrogens with zero attached hydrogens (tertiary/aromatic N) is 4. The Bertz CT molecular complexity index is 412. The first kappa shape index (κ1) is 11.8. The van der Waals surface area contributed by atoms with Crippen LogP contribution in [0.5, 0.6) is 0 Å². The van der Waals surface area contributed by atoms with Crippen LogP contribution in [0.3, 0.4) is 0 Å². The fourth-order valence-corrected chi connectivity index (χ4v) is 2.17. The smallest absolute Gasteiger partial charge is 0.182 e. The number of nitriles is 1. The number of piperidine rings is 1. The fourth-order valence-electron chi connectivity index (χ4n) is 2.17. The summed E-state index contributed by atoms with van der Waals surface area (Å²) >= 11 is 0. The van der Waals surface area contributed by atoms with Gasteiger partial charge in [0.15, 0.2) is 11.5 Å². The van der Waals surface area contributed by atoms with Gasteiger partial charge in [-0.2, -0.15) is 5.26 Å². The van der Waals surface area contributed by atoms with E-state index in [1.54, 1.807) is 6.20 Å². The van der Waals surface area contributed by atoms with Crippen molar-refractivity contribution in [2.24, 2.45) is 0 Å². The topological polar surface area (TPSA) is 64.8 Å². The van der Waals surface area contributed by atoms with Crippen molar-refractivity contribution >= 4 is 5.82 Å². The van der Waals surface area contributed by atoms with Crippen molar-refractivity contribution in [2.45, 2.75) is 25.3 Å². The van der Waals surface area contributed by atoms with Crippen LogP contribution in [0.2, 0.25) is 0 Å². The molecule has 1 unspecified atom stereocenters. The quantitative estimate of drug-likeness (QED) is 0.848. The molecule has 1 aliphatic heterocycles. The zero-order valence-corrected chi connectivity index (χ0v) is 10.1. The number of hydrogen-bond donors (Lipinski definition) is 1. The van der Waals surface area contributed by atoms with Gasteiger partial charge in [-0.1, -0.05) is 6.42 Å². The van der Waals surface area contributed by atoms with Gasteiger partial charge in [-0.25, -0.2) is 9.97 Å². The Labute approximate surface area is 101 Å². The third-order valence-corrected chi connectivity index (χ3v) is 3.23. The van der Waals surface area contributed by atoms with Crippen LogP contribution in [0, 0.1) is 11.3 Å². The second-order valence-corrected chi connectivity index (χ2v) is 4.38. The van der Waals surface area contributed by atoms with Gasteiger partial charge in [0.1, 0.15) is 6.07 Å².